The van der Waals surface area contributed by atoms with Crippen molar-refractivity contribution in [1.82, 2.24) is 15.0 Å². The fraction of sp³-hybridized carbons (Fsp3) is 0.316. The molecule has 140 valence electrons. The Hall–Kier alpha value is -2.71. The van der Waals surface area contributed by atoms with E-state index in [-0.39, 0.29) is 12.3 Å². The summed E-state index contributed by atoms with van der Waals surface area (Å²) >= 11 is 1.65. The fourth-order valence-corrected chi connectivity index (χ4v) is 4.00. The zero-order valence-electron chi connectivity index (χ0n) is 15.1. The summed E-state index contributed by atoms with van der Waals surface area (Å²) in [6, 6.07) is 11.9. The Morgan fingerprint density at radius 3 is 2.93 bits per heavy atom. The molecule has 1 N–H and O–H groups in total. The van der Waals surface area contributed by atoms with E-state index in [1.165, 1.54) is 5.00 Å². The van der Waals surface area contributed by atoms with Gasteiger partial charge in [-0.2, -0.15) is 5.10 Å². The standard InChI is InChI=1S/C19H21N5O2S/c1-23-16-5-3-2-4-15(16)21-17(23)12-18(25)22-20-13-14-6-7-19(27-14)24-8-10-26-11-9-24/h2-7,13H,8-12H2,1H3,(H,22,25)/b20-13-. The van der Waals surface area contributed by atoms with Crippen molar-refractivity contribution in [3.63, 3.8) is 0 Å². The van der Waals surface area contributed by atoms with Crippen LogP contribution in [0.5, 0.6) is 0 Å². The highest BCUT2D eigenvalue weighted by Crippen LogP contribution is 2.25. The first kappa shape index (κ1) is 17.7. The van der Waals surface area contributed by atoms with Crippen LogP contribution >= 0.6 is 11.3 Å². The lowest BCUT2D eigenvalue weighted by Crippen LogP contribution is -2.35. The zero-order valence-corrected chi connectivity index (χ0v) is 15.9. The summed E-state index contributed by atoms with van der Waals surface area (Å²) in [6.07, 6.45) is 1.87. The molecule has 0 unspecified atom stereocenters. The molecule has 7 nitrogen and oxygen atoms in total. The molecule has 0 spiro atoms. The van der Waals surface area contributed by atoms with E-state index in [0.29, 0.717) is 0 Å². The maximum Gasteiger partial charge on any atom is 0.247 e. The maximum absolute atomic E-state index is 12.2. The number of benzene rings is 1. The largest absolute Gasteiger partial charge is 0.378 e. The molecular weight excluding hydrogens is 362 g/mol. The number of aryl methyl sites for hydroxylation is 1. The monoisotopic (exact) mass is 383 g/mol. The minimum atomic E-state index is -0.186. The highest BCUT2D eigenvalue weighted by Gasteiger charge is 2.13. The normalized spacial score (nSPS) is 14.9. The van der Waals surface area contributed by atoms with E-state index in [1.54, 1.807) is 17.6 Å². The topological polar surface area (TPSA) is 71.8 Å². The number of nitrogens with one attached hydrogen (secondary N) is 1. The second-order valence-corrected chi connectivity index (χ2v) is 7.41. The Labute approximate surface area is 161 Å². The smallest absolute Gasteiger partial charge is 0.247 e. The number of para-hydroxylation sites is 2. The molecule has 4 rings (SSSR count). The van der Waals surface area contributed by atoms with Crippen LogP contribution in [-0.2, 0) is 23.0 Å². The van der Waals surface area contributed by atoms with Crippen LogP contribution in [0.3, 0.4) is 0 Å². The quantitative estimate of drug-likeness (QED) is 0.541. The van der Waals surface area contributed by atoms with E-state index < -0.39 is 0 Å². The molecule has 1 aliphatic rings. The summed E-state index contributed by atoms with van der Waals surface area (Å²) in [5.74, 6) is 0.532. The number of nitrogens with zero attached hydrogens (tertiary/aromatic N) is 4. The number of rotatable bonds is 5. The van der Waals surface area contributed by atoms with Gasteiger partial charge < -0.3 is 14.2 Å². The molecule has 3 heterocycles. The van der Waals surface area contributed by atoms with Crippen LogP contribution in [0.4, 0.5) is 5.00 Å². The first-order chi connectivity index (χ1) is 13.2. The molecule has 27 heavy (non-hydrogen) atoms. The van der Waals surface area contributed by atoms with Gasteiger partial charge in [-0.05, 0) is 24.3 Å². The molecule has 0 saturated carbocycles. The van der Waals surface area contributed by atoms with E-state index in [4.69, 9.17) is 4.74 Å². The second-order valence-electron chi connectivity index (χ2n) is 6.32. The van der Waals surface area contributed by atoms with Gasteiger partial charge >= 0.3 is 0 Å². The van der Waals surface area contributed by atoms with Gasteiger partial charge in [0.15, 0.2) is 0 Å². The van der Waals surface area contributed by atoms with E-state index in [1.807, 2.05) is 41.9 Å². The maximum atomic E-state index is 12.2. The number of anilines is 1. The molecule has 0 aliphatic carbocycles. The Morgan fingerprint density at radius 1 is 1.30 bits per heavy atom. The summed E-state index contributed by atoms with van der Waals surface area (Å²) in [5, 5.41) is 5.29. The Balaban J connectivity index is 1.34. The lowest BCUT2D eigenvalue weighted by atomic mass is 10.3. The predicted molar refractivity (Wildman–Crippen MR) is 108 cm³/mol. The number of hydrogen-bond donors (Lipinski definition) is 1. The second kappa shape index (κ2) is 7.89. The van der Waals surface area contributed by atoms with Gasteiger partial charge in [0, 0.05) is 25.0 Å². The number of hydrazone groups is 1. The van der Waals surface area contributed by atoms with Crippen molar-refractivity contribution in [3.05, 3.63) is 47.1 Å². The number of carbonyl (C=O) groups excluding carboxylic acids is 1. The van der Waals surface area contributed by atoms with E-state index in [2.05, 4.69) is 26.5 Å². The lowest BCUT2D eigenvalue weighted by molar-refractivity contribution is -0.120. The van der Waals surface area contributed by atoms with Crippen molar-refractivity contribution < 1.29 is 9.53 Å². The van der Waals surface area contributed by atoms with Crippen LogP contribution in [0, 0.1) is 0 Å². The first-order valence-corrected chi connectivity index (χ1v) is 9.67. The SMILES string of the molecule is Cn1c(CC(=O)N/N=C\c2ccc(N3CCOCC3)s2)nc2ccccc21. The van der Waals surface area contributed by atoms with Crippen LogP contribution in [0.1, 0.15) is 10.7 Å². The highest BCUT2D eigenvalue weighted by molar-refractivity contribution is 7.17. The lowest BCUT2D eigenvalue weighted by Gasteiger charge is -2.27. The fourth-order valence-electron chi connectivity index (χ4n) is 3.07. The minimum absolute atomic E-state index is 0.186. The molecule has 8 heteroatoms. The van der Waals surface area contributed by atoms with E-state index in [0.717, 1.165) is 48.0 Å². The molecule has 1 aliphatic heterocycles. The summed E-state index contributed by atoms with van der Waals surface area (Å²) in [6.45, 7) is 3.34. The van der Waals surface area contributed by atoms with Crippen LogP contribution in [0.15, 0.2) is 41.5 Å². The molecule has 0 radical (unpaired) electrons. The average Bonchev–Trinajstić information content (AvgIpc) is 3.28. The molecule has 0 atom stereocenters. The van der Waals surface area contributed by atoms with Crippen molar-refractivity contribution in [2.24, 2.45) is 12.1 Å². The Morgan fingerprint density at radius 2 is 2.11 bits per heavy atom. The first-order valence-electron chi connectivity index (χ1n) is 8.85. The van der Waals surface area contributed by atoms with Crippen LogP contribution < -0.4 is 10.3 Å². The Bertz CT molecular complexity index is 972. The number of imidazole rings is 1. The summed E-state index contributed by atoms with van der Waals surface area (Å²) in [7, 11) is 1.92. The number of thiophene rings is 1. The average molecular weight is 383 g/mol. The van der Waals surface area contributed by atoms with Gasteiger partial charge in [0.2, 0.25) is 5.91 Å². The molecule has 1 saturated heterocycles. The number of morpholine rings is 1. The molecular formula is C19H21N5O2S. The molecule has 1 amide bonds. The van der Waals surface area contributed by atoms with Gasteiger partial charge in [-0.25, -0.2) is 10.4 Å². The predicted octanol–water partition coefficient (Wildman–Crippen LogP) is 2.16. The van der Waals surface area contributed by atoms with Gasteiger partial charge in [0.1, 0.15) is 5.82 Å². The third-order valence-electron chi connectivity index (χ3n) is 4.51. The number of carbonyl (C=O) groups is 1. The van der Waals surface area contributed by atoms with Crippen molar-refractivity contribution >= 4 is 39.5 Å². The number of aromatic nitrogens is 2. The van der Waals surface area contributed by atoms with E-state index in [9.17, 15) is 4.79 Å². The summed E-state index contributed by atoms with van der Waals surface area (Å²) < 4.78 is 7.31. The number of amides is 1. The van der Waals surface area contributed by atoms with Crippen LogP contribution in [0.2, 0.25) is 0 Å². The molecule has 1 aromatic carbocycles. The van der Waals surface area contributed by atoms with Crippen molar-refractivity contribution in [1.29, 1.82) is 0 Å². The van der Waals surface area contributed by atoms with Crippen molar-refractivity contribution in [2.75, 3.05) is 31.2 Å². The minimum Gasteiger partial charge on any atom is -0.378 e. The van der Waals surface area contributed by atoms with Gasteiger partial charge in [-0.15, -0.1) is 11.3 Å². The van der Waals surface area contributed by atoms with Crippen LogP contribution in [-0.4, -0.2) is 48.0 Å². The third-order valence-corrected chi connectivity index (χ3v) is 5.60. The number of hydrogen-bond acceptors (Lipinski definition) is 6. The number of fused-ring (bicyclic) bond motifs is 1. The van der Waals surface area contributed by atoms with Crippen LogP contribution in [0.25, 0.3) is 11.0 Å². The zero-order chi connectivity index (χ0) is 18.6. The summed E-state index contributed by atoms with van der Waals surface area (Å²) in [5.41, 5.74) is 4.49. The van der Waals surface area contributed by atoms with Gasteiger partial charge in [-0.1, -0.05) is 12.1 Å². The van der Waals surface area contributed by atoms with Gasteiger partial charge in [0.25, 0.3) is 0 Å². The molecule has 3 aromatic rings. The molecule has 0 bridgehead atoms. The molecule has 2 aromatic heterocycles. The Kier molecular flexibility index (Phi) is 5.17. The third kappa shape index (κ3) is 4.01. The highest BCUT2D eigenvalue weighted by atomic mass is 32.1. The van der Waals surface area contributed by atoms with Crippen molar-refractivity contribution in [3.8, 4) is 0 Å². The summed E-state index contributed by atoms with van der Waals surface area (Å²) in [4.78, 5) is 20.0. The van der Waals surface area contributed by atoms with E-state index >= 15 is 0 Å². The molecule has 1 fully saturated rings. The number of ether oxygens (including phenoxy) is 1. The van der Waals surface area contributed by atoms with Gasteiger partial charge in [-0.3, -0.25) is 4.79 Å². The van der Waals surface area contributed by atoms with Crippen molar-refractivity contribution in [2.45, 2.75) is 6.42 Å². The van der Waals surface area contributed by atoms with Gasteiger partial charge in [0.05, 0.1) is 41.9 Å².